The zero-order valence-electron chi connectivity index (χ0n) is 15.2. The molecule has 1 aliphatic rings. The number of halogens is 2. The number of rotatable bonds is 6. The van der Waals surface area contributed by atoms with Crippen molar-refractivity contribution in [3.05, 3.63) is 65.0 Å². The summed E-state index contributed by atoms with van der Waals surface area (Å²) in [6.07, 6.45) is 3.28. The number of hydrogen-bond donors (Lipinski definition) is 3. The van der Waals surface area contributed by atoms with E-state index in [1.165, 1.54) is 31.3 Å². The van der Waals surface area contributed by atoms with Crippen molar-refractivity contribution in [2.45, 2.75) is 6.42 Å². The Morgan fingerprint density at radius 1 is 1.28 bits per heavy atom. The predicted molar refractivity (Wildman–Crippen MR) is 100 cm³/mol. The summed E-state index contributed by atoms with van der Waals surface area (Å²) in [6, 6.07) is 3.03. The highest BCUT2D eigenvalue weighted by molar-refractivity contribution is 7.85. The van der Waals surface area contributed by atoms with Crippen molar-refractivity contribution in [1.29, 1.82) is 0 Å². The third-order valence-electron chi connectivity index (χ3n) is 3.77. The molecule has 0 unspecified atom stereocenters. The summed E-state index contributed by atoms with van der Waals surface area (Å²) in [4.78, 5) is 24.1. The average molecular weight is 428 g/mol. The summed E-state index contributed by atoms with van der Waals surface area (Å²) in [5.74, 6) is -3.06. The number of allylic oxidation sites excluding steroid dienone is 3. The average Bonchev–Trinajstić information content (AvgIpc) is 2.82. The fourth-order valence-electron chi connectivity index (χ4n) is 2.44. The van der Waals surface area contributed by atoms with E-state index in [1.54, 1.807) is 0 Å². The lowest BCUT2D eigenvalue weighted by Gasteiger charge is -2.11. The maximum absolute atomic E-state index is 14.1. The molecule has 8 nitrogen and oxygen atoms in total. The number of likely N-dealkylation sites (N-methyl/N-ethyl adjacent to an activating group) is 1. The van der Waals surface area contributed by atoms with E-state index < -0.39 is 46.1 Å². The largest absolute Gasteiger partial charge is 0.412 e. The maximum atomic E-state index is 14.1. The first-order chi connectivity index (χ1) is 13.6. The molecule has 0 spiro atoms. The molecular formula is C18H18F2N2O6S. The van der Waals surface area contributed by atoms with Crippen LogP contribution in [-0.4, -0.2) is 44.3 Å². The molecule has 11 heteroatoms. The normalized spacial score (nSPS) is 14.1. The third kappa shape index (κ3) is 6.50. The van der Waals surface area contributed by atoms with Gasteiger partial charge in [0.1, 0.15) is 17.4 Å². The number of nitrogens with one attached hydrogen (secondary N) is 2. The van der Waals surface area contributed by atoms with Gasteiger partial charge in [0, 0.05) is 25.2 Å². The van der Waals surface area contributed by atoms with Gasteiger partial charge in [-0.15, -0.1) is 0 Å². The molecule has 0 radical (unpaired) electrons. The van der Waals surface area contributed by atoms with Crippen molar-refractivity contribution in [2.75, 3.05) is 19.3 Å². The van der Waals surface area contributed by atoms with E-state index in [1.807, 2.05) is 0 Å². The van der Waals surface area contributed by atoms with Crippen LogP contribution in [0.5, 0.6) is 0 Å². The Bertz CT molecular complexity index is 1020. The van der Waals surface area contributed by atoms with Crippen LogP contribution in [0.4, 0.5) is 13.6 Å². The summed E-state index contributed by atoms with van der Waals surface area (Å²) < 4.78 is 62.4. The zero-order chi connectivity index (χ0) is 21.6. The monoisotopic (exact) mass is 428 g/mol. The summed E-state index contributed by atoms with van der Waals surface area (Å²) in [6.45, 7) is -0.411. The lowest BCUT2D eigenvalue weighted by molar-refractivity contribution is -0.116. The first-order valence-corrected chi connectivity index (χ1v) is 9.91. The molecule has 3 N–H and O–H groups in total. The van der Waals surface area contributed by atoms with E-state index in [0.29, 0.717) is 11.6 Å². The van der Waals surface area contributed by atoms with Gasteiger partial charge in [0.2, 0.25) is 0 Å². The minimum Gasteiger partial charge on any atom is -0.410 e. The Hall–Kier alpha value is -3.05. The van der Waals surface area contributed by atoms with Crippen LogP contribution in [0.1, 0.15) is 12.0 Å². The number of amides is 2. The summed E-state index contributed by atoms with van der Waals surface area (Å²) in [5, 5.41) is 4.49. The van der Waals surface area contributed by atoms with E-state index in [4.69, 9.17) is 9.29 Å². The van der Waals surface area contributed by atoms with Gasteiger partial charge in [-0.25, -0.2) is 13.6 Å². The molecule has 1 aromatic carbocycles. The van der Waals surface area contributed by atoms with Gasteiger partial charge < -0.3 is 15.4 Å². The van der Waals surface area contributed by atoms with E-state index in [9.17, 15) is 26.8 Å². The summed E-state index contributed by atoms with van der Waals surface area (Å²) >= 11 is 0. The standard InChI is InChI=1S/C18H18F2N2O6S/c1-21-17(23)14-9-11(13-6-5-12(19)10-15(13)20)3-2-4-16(14)28-18(24)22-7-8-29(25,26)27/h2,4-6,9-10H,3,7-8H2,1H3,(H,21,23)(H,22,24)(H,25,26,27). The Labute approximate surface area is 165 Å². The molecule has 0 heterocycles. The van der Waals surface area contributed by atoms with Gasteiger partial charge in [0.05, 0.1) is 11.3 Å². The fourth-order valence-corrected chi connectivity index (χ4v) is 2.80. The molecule has 0 saturated heterocycles. The number of hydrogen-bond acceptors (Lipinski definition) is 5. The number of ether oxygens (including phenoxy) is 1. The molecular weight excluding hydrogens is 410 g/mol. The van der Waals surface area contributed by atoms with Crippen LogP contribution in [0.15, 0.2) is 47.8 Å². The zero-order valence-corrected chi connectivity index (χ0v) is 16.1. The first-order valence-electron chi connectivity index (χ1n) is 8.30. The number of carbonyl (C=O) groups is 2. The minimum atomic E-state index is -4.26. The SMILES string of the molecule is CNC(=O)C1=C(OC(=O)NCCS(=O)(=O)O)C=CCC(c2ccc(F)cc2F)=C1. The summed E-state index contributed by atoms with van der Waals surface area (Å²) in [5.41, 5.74) is 0.337. The molecule has 0 bridgehead atoms. The molecule has 0 aromatic heterocycles. The molecule has 0 atom stereocenters. The molecule has 0 fully saturated rings. The highest BCUT2D eigenvalue weighted by Gasteiger charge is 2.20. The van der Waals surface area contributed by atoms with Crippen molar-refractivity contribution in [1.82, 2.24) is 10.6 Å². The van der Waals surface area contributed by atoms with E-state index in [0.717, 1.165) is 6.07 Å². The fraction of sp³-hybridized carbons (Fsp3) is 0.222. The topological polar surface area (TPSA) is 122 Å². The van der Waals surface area contributed by atoms with Crippen LogP contribution in [-0.2, 0) is 19.6 Å². The summed E-state index contributed by atoms with van der Waals surface area (Å²) in [7, 11) is -2.92. The van der Waals surface area contributed by atoms with E-state index in [2.05, 4.69) is 10.6 Å². The lowest BCUT2D eigenvalue weighted by Crippen LogP contribution is -2.30. The van der Waals surface area contributed by atoms with Crippen molar-refractivity contribution < 1.29 is 36.1 Å². The van der Waals surface area contributed by atoms with E-state index in [-0.39, 0.29) is 23.3 Å². The second-order valence-electron chi connectivity index (χ2n) is 5.86. The van der Waals surface area contributed by atoms with Gasteiger partial charge in [-0.1, -0.05) is 6.08 Å². The maximum Gasteiger partial charge on any atom is 0.412 e. The highest BCUT2D eigenvalue weighted by atomic mass is 32.2. The Kier molecular flexibility index (Phi) is 7.23. The van der Waals surface area contributed by atoms with Crippen molar-refractivity contribution in [3.8, 4) is 0 Å². The van der Waals surface area contributed by atoms with Gasteiger partial charge in [0.25, 0.3) is 16.0 Å². The Morgan fingerprint density at radius 3 is 2.62 bits per heavy atom. The second kappa shape index (κ2) is 9.43. The quantitative estimate of drug-likeness (QED) is 0.595. The molecule has 1 aromatic rings. The van der Waals surface area contributed by atoms with Crippen molar-refractivity contribution in [2.24, 2.45) is 0 Å². The van der Waals surface area contributed by atoms with Gasteiger partial charge >= 0.3 is 6.09 Å². The van der Waals surface area contributed by atoms with Gasteiger partial charge in [-0.05, 0) is 36.3 Å². The number of carbonyl (C=O) groups excluding carboxylic acids is 2. The van der Waals surface area contributed by atoms with Crippen LogP contribution in [0.2, 0.25) is 0 Å². The van der Waals surface area contributed by atoms with Gasteiger partial charge in [-0.2, -0.15) is 8.42 Å². The van der Waals surface area contributed by atoms with Gasteiger partial charge in [0.15, 0.2) is 0 Å². The molecule has 0 saturated carbocycles. The first kappa shape index (κ1) is 22.2. The number of benzene rings is 1. The van der Waals surface area contributed by atoms with Crippen molar-refractivity contribution in [3.63, 3.8) is 0 Å². The van der Waals surface area contributed by atoms with Crippen LogP contribution in [0, 0.1) is 11.6 Å². The van der Waals surface area contributed by atoms with E-state index >= 15 is 0 Å². The second-order valence-corrected chi connectivity index (χ2v) is 7.43. The molecule has 2 amide bonds. The Morgan fingerprint density at radius 2 is 2.00 bits per heavy atom. The van der Waals surface area contributed by atoms with Crippen LogP contribution in [0.25, 0.3) is 5.57 Å². The number of alkyl carbamates (subject to hydrolysis) is 1. The van der Waals surface area contributed by atoms with Crippen molar-refractivity contribution >= 4 is 27.7 Å². The third-order valence-corrected chi connectivity index (χ3v) is 4.49. The smallest absolute Gasteiger partial charge is 0.410 e. The lowest BCUT2D eigenvalue weighted by atomic mass is 10.00. The van der Waals surface area contributed by atoms with Crippen LogP contribution < -0.4 is 10.6 Å². The van der Waals surface area contributed by atoms with Gasteiger partial charge in [-0.3, -0.25) is 9.35 Å². The molecule has 156 valence electrons. The molecule has 1 aliphatic carbocycles. The highest BCUT2D eigenvalue weighted by Crippen LogP contribution is 2.28. The van der Waals surface area contributed by atoms with Crippen LogP contribution >= 0.6 is 0 Å². The van der Waals surface area contributed by atoms with Crippen LogP contribution in [0.3, 0.4) is 0 Å². The molecule has 0 aliphatic heterocycles. The Balaban J connectivity index is 2.32. The molecule has 2 rings (SSSR count). The minimum absolute atomic E-state index is 0.0799. The molecule has 29 heavy (non-hydrogen) atoms. The predicted octanol–water partition coefficient (Wildman–Crippen LogP) is 1.92.